The first kappa shape index (κ1) is 9.98. The van der Waals surface area contributed by atoms with Crippen molar-refractivity contribution in [2.45, 2.75) is 5.88 Å². The van der Waals surface area contributed by atoms with E-state index in [1.807, 2.05) is 13.1 Å². The predicted octanol–water partition coefficient (Wildman–Crippen LogP) is 2.35. The highest BCUT2D eigenvalue weighted by molar-refractivity contribution is 6.17. The molecule has 2 heterocycles. The Labute approximate surface area is 92.5 Å². The fourth-order valence-corrected chi connectivity index (χ4v) is 1.41. The van der Waals surface area contributed by atoms with E-state index < -0.39 is 0 Å². The molecule has 0 radical (unpaired) electrons. The van der Waals surface area contributed by atoms with Gasteiger partial charge in [-0.15, -0.1) is 11.6 Å². The molecule has 2 rings (SSSR count). The van der Waals surface area contributed by atoms with Gasteiger partial charge in [0.1, 0.15) is 5.75 Å². The highest BCUT2D eigenvalue weighted by Gasteiger charge is 2.04. The number of hydrogen-bond acceptors (Lipinski definition) is 3. The standard InChI is InChI=1S/C10H10ClN3O/c1-14-7-9(5-13-14)15-10-6-12-3-2-8(10)4-11/h2-3,5-7H,4H2,1H3. The molecule has 15 heavy (non-hydrogen) atoms. The Morgan fingerprint density at radius 3 is 3.00 bits per heavy atom. The minimum atomic E-state index is 0.401. The fraction of sp³-hybridized carbons (Fsp3) is 0.200. The molecule has 0 aliphatic rings. The van der Waals surface area contributed by atoms with E-state index in [9.17, 15) is 0 Å². The van der Waals surface area contributed by atoms with Gasteiger partial charge in [-0.3, -0.25) is 9.67 Å². The lowest BCUT2D eigenvalue weighted by molar-refractivity contribution is 0.475. The van der Waals surface area contributed by atoms with Crippen LogP contribution in [0.25, 0.3) is 0 Å². The Hall–Kier alpha value is -1.55. The number of halogens is 1. The largest absolute Gasteiger partial charge is 0.452 e. The van der Waals surface area contributed by atoms with Crippen LogP contribution in [-0.4, -0.2) is 14.8 Å². The van der Waals surface area contributed by atoms with Crippen LogP contribution in [0.15, 0.2) is 30.9 Å². The van der Waals surface area contributed by atoms with Crippen LogP contribution in [0.4, 0.5) is 0 Å². The van der Waals surface area contributed by atoms with Crippen molar-refractivity contribution in [1.82, 2.24) is 14.8 Å². The molecule has 0 saturated carbocycles. The first-order valence-electron chi connectivity index (χ1n) is 4.45. The number of aromatic nitrogens is 3. The van der Waals surface area contributed by atoms with E-state index in [-0.39, 0.29) is 0 Å². The van der Waals surface area contributed by atoms with Crippen molar-refractivity contribution in [1.29, 1.82) is 0 Å². The number of nitrogens with zero attached hydrogens (tertiary/aromatic N) is 3. The molecule has 4 nitrogen and oxygen atoms in total. The summed E-state index contributed by atoms with van der Waals surface area (Å²) in [7, 11) is 1.83. The topological polar surface area (TPSA) is 39.9 Å². The van der Waals surface area contributed by atoms with Gasteiger partial charge >= 0.3 is 0 Å². The molecule has 0 aromatic carbocycles. The first-order valence-corrected chi connectivity index (χ1v) is 4.98. The second kappa shape index (κ2) is 4.31. The van der Waals surface area contributed by atoms with Crippen molar-refractivity contribution in [3.8, 4) is 11.5 Å². The number of hydrogen-bond donors (Lipinski definition) is 0. The third-order valence-electron chi connectivity index (χ3n) is 1.92. The molecule has 0 unspecified atom stereocenters. The SMILES string of the molecule is Cn1cc(Oc2cnccc2CCl)cn1. The van der Waals surface area contributed by atoms with Gasteiger partial charge in [-0.1, -0.05) is 0 Å². The summed E-state index contributed by atoms with van der Waals surface area (Å²) in [6.45, 7) is 0. The molecule has 2 aromatic rings. The van der Waals surface area contributed by atoms with Crippen molar-refractivity contribution in [3.05, 3.63) is 36.4 Å². The van der Waals surface area contributed by atoms with E-state index >= 15 is 0 Å². The summed E-state index contributed by atoms with van der Waals surface area (Å²) in [5.41, 5.74) is 0.913. The maximum Gasteiger partial charge on any atom is 0.165 e. The molecule has 0 saturated heterocycles. The summed E-state index contributed by atoms with van der Waals surface area (Å²) in [6.07, 6.45) is 6.76. The summed E-state index contributed by atoms with van der Waals surface area (Å²) in [5.74, 6) is 1.75. The molecule has 5 heteroatoms. The van der Waals surface area contributed by atoms with Crippen molar-refractivity contribution < 1.29 is 4.74 Å². The van der Waals surface area contributed by atoms with Gasteiger partial charge in [0.2, 0.25) is 0 Å². The Balaban J connectivity index is 2.23. The van der Waals surface area contributed by atoms with Crippen LogP contribution in [0.1, 0.15) is 5.56 Å². The van der Waals surface area contributed by atoms with Gasteiger partial charge in [0.25, 0.3) is 0 Å². The molecule has 0 bridgehead atoms. The van der Waals surface area contributed by atoms with Crippen molar-refractivity contribution in [3.63, 3.8) is 0 Å². The first-order chi connectivity index (χ1) is 7.29. The van der Waals surface area contributed by atoms with E-state index in [2.05, 4.69) is 10.1 Å². The third kappa shape index (κ3) is 2.27. The smallest absolute Gasteiger partial charge is 0.165 e. The van der Waals surface area contributed by atoms with E-state index in [1.165, 1.54) is 0 Å². The van der Waals surface area contributed by atoms with Crippen LogP contribution >= 0.6 is 11.6 Å². The highest BCUT2D eigenvalue weighted by Crippen LogP contribution is 2.24. The van der Waals surface area contributed by atoms with Crippen molar-refractivity contribution >= 4 is 11.6 Å². The van der Waals surface area contributed by atoms with E-state index in [4.69, 9.17) is 16.3 Å². The average Bonchev–Trinajstić information content (AvgIpc) is 2.65. The summed E-state index contributed by atoms with van der Waals surface area (Å²) >= 11 is 5.77. The maximum absolute atomic E-state index is 5.77. The van der Waals surface area contributed by atoms with Gasteiger partial charge in [0, 0.05) is 18.8 Å². The molecule has 0 spiro atoms. The average molecular weight is 224 g/mol. The number of alkyl halides is 1. The van der Waals surface area contributed by atoms with Crippen molar-refractivity contribution in [2.75, 3.05) is 0 Å². The van der Waals surface area contributed by atoms with Crippen LogP contribution in [0.5, 0.6) is 11.5 Å². The molecule has 0 amide bonds. The molecule has 0 atom stereocenters. The van der Waals surface area contributed by atoms with Gasteiger partial charge in [0.05, 0.1) is 24.5 Å². The monoisotopic (exact) mass is 223 g/mol. The Kier molecular flexibility index (Phi) is 2.87. The van der Waals surface area contributed by atoms with Gasteiger partial charge in [-0.25, -0.2) is 0 Å². The van der Waals surface area contributed by atoms with Crippen LogP contribution in [-0.2, 0) is 12.9 Å². The molecule has 0 N–H and O–H groups in total. The number of ether oxygens (including phenoxy) is 1. The second-order valence-corrected chi connectivity index (χ2v) is 3.34. The summed E-state index contributed by atoms with van der Waals surface area (Å²) in [4.78, 5) is 3.99. The van der Waals surface area contributed by atoms with Crippen LogP contribution in [0.2, 0.25) is 0 Å². The summed E-state index contributed by atoms with van der Waals surface area (Å²) in [5, 5.41) is 4.01. The van der Waals surface area contributed by atoms with E-state index in [0.29, 0.717) is 17.4 Å². The minimum absolute atomic E-state index is 0.401. The lowest BCUT2D eigenvalue weighted by Crippen LogP contribution is -1.89. The quantitative estimate of drug-likeness (QED) is 0.750. The van der Waals surface area contributed by atoms with E-state index in [1.54, 1.807) is 29.5 Å². The molecule has 2 aromatic heterocycles. The Bertz CT molecular complexity index is 455. The maximum atomic E-state index is 5.77. The number of aryl methyl sites for hydroxylation is 1. The van der Waals surface area contributed by atoms with E-state index in [0.717, 1.165) is 5.56 Å². The summed E-state index contributed by atoms with van der Waals surface area (Å²) in [6, 6.07) is 1.83. The zero-order valence-corrected chi connectivity index (χ0v) is 8.98. The highest BCUT2D eigenvalue weighted by atomic mass is 35.5. The zero-order chi connectivity index (χ0) is 10.7. The van der Waals surface area contributed by atoms with Gasteiger partial charge in [-0.05, 0) is 6.07 Å². The molecular formula is C10H10ClN3O. The van der Waals surface area contributed by atoms with Crippen LogP contribution in [0, 0.1) is 0 Å². The molecule has 0 fully saturated rings. The lowest BCUT2D eigenvalue weighted by atomic mass is 10.3. The normalized spacial score (nSPS) is 10.3. The summed E-state index contributed by atoms with van der Waals surface area (Å²) < 4.78 is 7.26. The predicted molar refractivity (Wildman–Crippen MR) is 57.1 cm³/mol. The van der Waals surface area contributed by atoms with Crippen molar-refractivity contribution in [2.24, 2.45) is 7.05 Å². The zero-order valence-electron chi connectivity index (χ0n) is 8.22. The molecular weight excluding hydrogens is 214 g/mol. The van der Waals surface area contributed by atoms with Crippen LogP contribution < -0.4 is 4.74 Å². The molecule has 0 aliphatic carbocycles. The number of pyridine rings is 1. The fourth-order valence-electron chi connectivity index (χ4n) is 1.19. The van der Waals surface area contributed by atoms with Gasteiger partial charge < -0.3 is 4.74 Å². The van der Waals surface area contributed by atoms with Gasteiger partial charge in [-0.2, -0.15) is 5.10 Å². The molecule has 78 valence electrons. The van der Waals surface area contributed by atoms with Gasteiger partial charge in [0.15, 0.2) is 5.75 Å². The Morgan fingerprint density at radius 2 is 2.33 bits per heavy atom. The Morgan fingerprint density at radius 1 is 1.47 bits per heavy atom. The second-order valence-electron chi connectivity index (χ2n) is 3.07. The van der Waals surface area contributed by atoms with Crippen LogP contribution in [0.3, 0.4) is 0 Å². The minimum Gasteiger partial charge on any atom is -0.452 e. The third-order valence-corrected chi connectivity index (χ3v) is 2.21. The number of rotatable bonds is 3. The molecule has 0 aliphatic heterocycles. The lowest BCUT2D eigenvalue weighted by Gasteiger charge is -2.05.